The maximum atomic E-state index is 13.1. The van der Waals surface area contributed by atoms with Crippen molar-refractivity contribution in [1.29, 1.82) is 0 Å². The second-order valence-electron chi connectivity index (χ2n) is 10.4. The molecule has 2 heterocycles. The van der Waals surface area contributed by atoms with Crippen LogP contribution in [-0.4, -0.2) is 73.7 Å². The molecule has 0 spiro atoms. The molecule has 0 saturated carbocycles. The van der Waals surface area contributed by atoms with Crippen molar-refractivity contribution in [3.8, 4) is 0 Å². The van der Waals surface area contributed by atoms with Crippen LogP contribution in [0, 0.1) is 23.7 Å². The Morgan fingerprint density at radius 2 is 1.91 bits per heavy atom. The zero-order valence-corrected chi connectivity index (χ0v) is 20.7. The lowest BCUT2D eigenvalue weighted by Crippen LogP contribution is -2.95. The number of piperidine rings is 1. The summed E-state index contributed by atoms with van der Waals surface area (Å²) in [5.41, 5.74) is 1.31. The molecule has 0 radical (unpaired) electrons. The van der Waals surface area contributed by atoms with Crippen molar-refractivity contribution in [1.82, 2.24) is 20.4 Å². The number of nitrogens with two attached hydrogens (primary N) is 1. The molecule has 182 valence electrons. The molecule has 2 saturated heterocycles. The van der Waals surface area contributed by atoms with Crippen molar-refractivity contribution in [2.75, 3.05) is 45.8 Å². The zero-order valence-electron chi connectivity index (χ0n) is 20.7. The minimum absolute atomic E-state index is 0.0941. The van der Waals surface area contributed by atoms with Gasteiger partial charge in [-0.05, 0) is 56.8 Å². The first-order valence-corrected chi connectivity index (χ1v) is 12.9. The maximum absolute atomic E-state index is 13.1. The summed E-state index contributed by atoms with van der Waals surface area (Å²) in [7, 11) is 0. The van der Waals surface area contributed by atoms with Gasteiger partial charge < -0.3 is 20.9 Å². The van der Waals surface area contributed by atoms with Crippen LogP contribution >= 0.6 is 0 Å². The van der Waals surface area contributed by atoms with Crippen molar-refractivity contribution < 1.29 is 14.9 Å². The number of nitrogens with zero attached hydrogens (tertiary/aromatic N) is 2. The number of nitrogens with one attached hydrogen (secondary N) is 2. The number of quaternary nitrogens is 1. The number of allylic oxidation sites excluding steroid dienone is 1. The summed E-state index contributed by atoms with van der Waals surface area (Å²) in [5, 5.41) is 8.32. The second kappa shape index (κ2) is 12.0. The highest BCUT2D eigenvalue weighted by atomic mass is 16.2. The predicted octanol–water partition coefficient (Wildman–Crippen LogP) is 1.77. The molecule has 4 N–H and O–H groups in total. The number of rotatable bonds is 7. The number of hydrogen-bond donors (Lipinski definition) is 3. The Balaban J connectivity index is 1.52. The minimum atomic E-state index is -0.0941. The molecule has 0 aromatic carbocycles. The highest BCUT2D eigenvalue weighted by Crippen LogP contribution is 2.39. The van der Waals surface area contributed by atoms with E-state index in [9.17, 15) is 9.59 Å². The summed E-state index contributed by atoms with van der Waals surface area (Å²) in [4.78, 5) is 29.7. The van der Waals surface area contributed by atoms with Crippen LogP contribution in [0.25, 0.3) is 0 Å². The lowest BCUT2D eigenvalue weighted by molar-refractivity contribution is -0.717. The first kappa shape index (κ1) is 25.0. The summed E-state index contributed by atoms with van der Waals surface area (Å²) < 4.78 is 0. The van der Waals surface area contributed by atoms with Gasteiger partial charge in [0, 0.05) is 52.1 Å². The van der Waals surface area contributed by atoms with E-state index in [0.29, 0.717) is 55.3 Å². The van der Waals surface area contributed by atoms with Crippen molar-refractivity contribution in [3.63, 3.8) is 0 Å². The van der Waals surface area contributed by atoms with E-state index in [4.69, 9.17) is 0 Å². The van der Waals surface area contributed by atoms with Crippen LogP contribution < -0.4 is 16.0 Å². The van der Waals surface area contributed by atoms with Gasteiger partial charge in [0.25, 0.3) is 0 Å². The number of hydrogen-bond acceptors (Lipinski definition) is 3. The number of carbonyl (C=O) groups excluding carboxylic acids is 2. The van der Waals surface area contributed by atoms with Crippen LogP contribution in [0.2, 0.25) is 0 Å². The highest BCUT2D eigenvalue weighted by Gasteiger charge is 2.34. The third kappa shape index (κ3) is 6.70. The van der Waals surface area contributed by atoms with E-state index in [1.54, 1.807) is 0 Å². The monoisotopic (exact) mass is 448 g/mol. The lowest BCUT2D eigenvalue weighted by atomic mass is 9.69. The van der Waals surface area contributed by atoms with Crippen LogP contribution in [-0.2, 0) is 4.79 Å². The third-order valence-electron chi connectivity index (χ3n) is 7.87. The normalized spacial score (nSPS) is 29.5. The van der Waals surface area contributed by atoms with E-state index in [-0.39, 0.29) is 6.03 Å². The molecule has 32 heavy (non-hydrogen) atoms. The first-order chi connectivity index (χ1) is 15.4. The van der Waals surface area contributed by atoms with Crippen molar-refractivity contribution in [2.24, 2.45) is 23.7 Å². The number of urea groups is 1. The van der Waals surface area contributed by atoms with Crippen molar-refractivity contribution in [2.45, 2.75) is 66.0 Å². The molecule has 1 aliphatic carbocycles. The molecule has 2 fully saturated rings. The Labute approximate surface area is 194 Å². The molecule has 1 unspecified atom stereocenters. The summed E-state index contributed by atoms with van der Waals surface area (Å²) in [6, 6.07) is -0.0941. The molecular formula is C25H46N5O2+. The molecule has 4 atom stereocenters. The van der Waals surface area contributed by atoms with Gasteiger partial charge in [-0.1, -0.05) is 25.5 Å². The number of amides is 3. The van der Waals surface area contributed by atoms with E-state index in [1.165, 1.54) is 31.4 Å². The highest BCUT2D eigenvalue weighted by molar-refractivity contribution is 5.77. The Bertz CT molecular complexity index is 651. The standard InChI is InChI=1S/C25H45N5O2/c1-5-26-25(32)28-17-21-14-19(4)20(15-22(21)18(2)3)16-24(31)30-12-10-29(11-13-30)23-8-6-7-9-27-23/h14,18,20-23,27H,5-13,15-17H2,1-4H3,(H2,26,28,32)/p+1/t20-,21+,22-,23?/m0/s1. The van der Waals surface area contributed by atoms with E-state index in [1.807, 2.05) is 6.92 Å². The van der Waals surface area contributed by atoms with Crippen LogP contribution in [0.3, 0.4) is 0 Å². The van der Waals surface area contributed by atoms with E-state index >= 15 is 0 Å². The molecule has 0 bridgehead atoms. The Morgan fingerprint density at radius 3 is 2.53 bits per heavy atom. The van der Waals surface area contributed by atoms with Crippen molar-refractivity contribution in [3.05, 3.63) is 11.6 Å². The van der Waals surface area contributed by atoms with E-state index < -0.39 is 0 Å². The van der Waals surface area contributed by atoms with Gasteiger partial charge in [0.15, 0.2) is 0 Å². The topological polar surface area (TPSA) is 81.3 Å². The number of piperazine rings is 1. The molecular weight excluding hydrogens is 402 g/mol. The van der Waals surface area contributed by atoms with Gasteiger partial charge in [0.05, 0.1) is 6.54 Å². The lowest BCUT2D eigenvalue weighted by Gasteiger charge is -2.40. The molecule has 0 aromatic heterocycles. The molecule has 2 aliphatic heterocycles. The van der Waals surface area contributed by atoms with Crippen LogP contribution in [0.15, 0.2) is 11.6 Å². The quantitative estimate of drug-likeness (QED) is 0.519. The van der Waals surface area contributed by atoms with Gasteiger partial charge in [-0.25, -0.2) is 4.79 Å². The van der Waals surface area contributed by atoms with Gasteiger partial charge in [-0.3, -0.25) is 9.69 Å². The van der Waals surface area contributed by atoms with Gasteiger partial charge in [0.1, 0.15) is 6.17 Å². The van der Waals surface area contributed by atoms with Crippen molar-refractivity contribution >= 4 is 11.9 Å². The van der Waals surface area contributed by atoms with Gasteiger partial charge in [-0.2, -0.15) is 0 Å². The summed E-state index contributed by atoms with van der Waals surface area (Å²) in [6.45, 7) is 14.9. The Hall–Kier alpha value is -1.60. The Morgan fingerprint density at radius 1 is 1.16 bits per heavy atom. The summed E-state index contributed by atoms with van der Waals surface area (Å²) in [5.74, 6) is 1.97. The van der Waals surface area contributed by atoms with Crippen LogP contribution in [0.5, 0.6) is 0 Å². The smallest absolute Gasteiger partial charge is 0.314 e. The minimum Gasteiger partial charge on any atom is -0.340 e. The molecule has 3 aliphatic rings. The van der Waals surface area contributed by atoms with Gasteiger partial charge in [0.2, 0.25) is 5.91 Å². The molecule has 3 rings (SSSR count). The van der Waals surface area contributed by atoms with Crippen LogP contribution in [0.1, 0.15) is 59.8 Å². The van der Waals surface area contributed by atoms with Gasteiger partial charge in [-0.15, -0.1) is 0 Å². The first-order valence-electron chi connectivity index (χ1n) is 12.9. The van der Waals surface area contributed by atoms with E-state index in [0.717, 1.165) is 32.6 Å². The maximum Gasteiger partial charge on any atom is 0.314 e. The molecule has 0 aromatic rings. The number of carbonyl (C=O) groups is 2. The fraction of sp³-hybridized carbons (Fsp3) is 0.840. The molecule has 7 heteroatoms. The zero-order chi connectivity index (χ0) is 23.1. The SMILES string of the molecule is CCNC(=O)NC[C@H]1C=C(C)[C@H](CC(=O)N2CCN(C3CCCC[NH2+]3)CC2)C[C@H]1C(C)C. The third-order valence-corrected chi connectivity index (χ3v) is 7.87. The largest absolute Gasteiger partial charge is 0.340 e. The van der Waals surface area contributed by atoms with Crippen LogP contribution in [0.4, 0.5) is 4.79 Å². The van der Waals surface area contributed by atoms with Gasteiger partial charge >= 0.3 is 6.03 Å². The fourth-order valence-corrected chi connectivity index (χ4v) is 5.84. The summed E-state index contributed by atoms with van der Waals surface area (Å²) in [6.07, 6.45) is 8.57. The molecule has 3 amide bonds. The summed E-state index contributed by atoms with van der Waals surface area (Å²) >= 11 is 0. The van der Waals surface area contributed by atoms with E-state index in [2.05, 4.69) is 52.6 Å². The second-order valence-corrected chi connectivity index (χ2v) is 10.4. The fourth-order valence-electron chi connectivity index (χ4n) is 5.84. The predicted molar refractivity (Wildman–Crippen MR) is 128 cm³/mol. The average Bonchev–Trinajstić information content (AvgIpc) is 2.79. The molecule has 7 nitrogen and oxygen atoms in total. The Kier molecular flexibility index (Phi) is 9.41. The average molecular weight is 449 g/mol.